The predicted octanol–water partition coefficient (Wildman–Crippen LogP) is 1.97. The van der Waals surface area contributed by atoms with Gasteiger partial charge in [-0.15, -0.1) is 0 Å². The second-order valence-corrected chi connectivity index (χ2v) is 5.28. The lowest BCUT2D eigenvalue weighted by Crippen LogP contribution is -2.39. The topological polar surface area (TPSA) is 109 Å². The zero-order valence-corrected chi connectivity index (χ0v) is 15.5. The van der Waals surface area contributed by atoms with Crippen LogP contribution in [0.3, 0.4) is 0 Å². The van der Waals surface area contributed by atoms with Crippen molar-refractivity contribution in [3.8, 4) is 23.5 Å². The second-order valence-electron chi connectivity index (χ2n) is 5.28. The van der Waals surface area contributed by atoms with Gasteiger partial charge in [0.2, 0.25) is 11.8 Å². The summed E-state index contributed by atoms with van der Waals surface area (Å²) in [5, 5.41) is 2.58. The van der Waals surface area contributed by atoms with E-state index in [4.69, 9.17) is 18.9 Å². The van der Waals surface area contributed by atoms with Gasteiger partial charge in [-0.1, -0.05) is 12.1 Å². The number of hydrogen-bond acceptors (Lipinski definition) is 8. The molecule has 0 unspecified atom stereocenters. The molecule has 0 aliphatic heterocycles. The van der Waals surface area contributed by atoms with E-state index in [1.807, 2.05) is 0 Å². The van der Waals surface area contributed by atoms with Gasteiger partial charge in [0.05, 0.1) is 32.5 Å². The monoisotopic (exact) mass is 375 g/mol. The number of amides is 1. The minimum Gasteiger partial charge on any atom is -0.481 e. The molecule has 1 amide bonds. The van der Waals surface area contributed by atoms with E-state index in [0.717, 1.165) is 0 Å². The van der Waals surface area contributed by atoms with Crippen LogP contribution in [0.2, 0.25) is 0 Å². The first kappa shape index (κ1) is 20.0. The molecule has 1 heterocycles. The molecule has 1 atom stereocenters. The summed E-state index contributed by atoms with van der Waals surface area (Å²) in [5.41, 5.74) is 0.227. The minimum atomic E-state index is -0.801. The summed E-state index contributed by atoms with van der Waals surface area (Å²) in [6.45, 7) is 3.47. The van der Waals surface area contributed by atoms with Crippen LogP contribution >= 0.6 is 0 Å². The number of para-hydroxylation sites is 1. The van der Waals surface area contributed by atoms with Gasteiger partial charge in [-0.05, 0) is 26.0 Å². The number of carbonyl (C=O) groups is 2. The number of carbonyl (C=O) groups excluding carboxylic acids is 2. The zero-order chi connectivity index (χ0) is 19.8. The minimum absolute atomic E-state index is 0.0576. The lowest BCUT2D eigenvalue weighted by molar-refractivity contribution is -0.144. The van der Waals surface area contributed by atoms with Gasteiger partial charge < -0.3 is 24.3 Å². The quantitative estimate of drug-likeness (QED) is 0.698. The number of rotatable bonds is 8. The van der Waals surface area contributed by atoms with E-state index in [0.29, 0.717) is 0 Å². The average Bonchev–Trinajstić information content (AvgIpc) is 2.68. The average molecular weight is 375 g/mol. The Labute approximate surface area is 156 Å². The Balaban J connectivity index is 2.23. The van der Waals surface area contributed by atoms with E-state index < -0.39 is 17.9 Å². The molecule has 144 valence electrons. The van der Waals surface area contributed by atoms with Crippen molar-refractivity contribution in [2.24, 2.45) is 0 Å². The van der Waals surface area contributed by atoms with Crippen molar-refractivity contribution in [2.45, 2.75) is 19.9 Å². The van der Waals surface area contributed by atoms with Gasteiger partial charge in [-0.2, -0.15) is 9.97 Å². The molecule has 1 N–H and O–H groups in total. The van der Waals surface area contributed by atoms with Gasteiger partial charge >= 0.3 is 12.0 Å². The molecular formula is C18H21N3O6. The third-order valence-electron chi connectivity index (χ3n) is 3.38. The van der Waals surface area contributed by atoms with Crippen molar-refractivity contribution >= 4 is 11.9 Å². The summed E-state index contributed by atoms with van der Waals surface area (Å²) in [4.78, 5) is 32.3. The fourth-order valence-corrected chi connectivity index (χ4v) is 2.09. The van der Waals surface area contributed by atoms with Crippen LogP contribution in [-0.2, 0) is 9.53 Å². The van der Waals surface area contributed by atoms with Gasteiger partial charge in [0.25, 0.3) is 5.91 Å². The number of nitrogens with zero attached hydrogens (tertiary/aromatic N) is 2. The van der Waals surface area contributed by atoms with Crippen LogP contribution in [-0.4, -0.2) is 48.7 Å². The van der Waals surface area contributed by atoms with Crippen LogP contribution in [0.4, 0.5) is 0 Å². The molecule has 1 aromatic carbocycles. The van der Waals surface area contributed by atoms with Crippen molar-refractivity contribution in [1.82, 2.24) is 15.3 Å². The highest BCUT2D eigenvalue weighted by atomic mass is 16.5. The number of nitrogens with one attached hydrogen (secondary N) is 1. The molecule has 2 aromatic rings. The second kappa shape index (κ2) is 9.37. The molecule has 0 saturated heterocycles. The van der Waals surface area contributed by atoms with Crippen LogP contribution in [0.15, 0.2) is 30.3 Å². The number of benzene rings is 1. The largest absolute Gasteiger partial charge is 0.481 e. The van der Waals surface area contributed by atoms with Crippen molar-refractivity contribution < 1.29 is 28.5 Å². The third kappa shape index (κ3) is 5.30. The summed E-state index contributed by atoms with van der Waals surface area (Å²) >= 11 is 0. The van der Waals surface area contributed by atoms with Crippen LogP contribution in [0.25, 0.3) is 0 Å². The van der Waals surface area contributed by atoms with Crippen molar-refractivity contribution in [1.29, 1.82) is 0 Å². The standard InChI is InChI=1S/C18H21N3O6/c1-5-26-17(23)11(2)19-16(22)12-8-6-7-9-13(12)27-15-10-14(24-3)20-18(21-15)25-4/h6-11H,5H2,1-4H3,(H,19,22)/t11-/m0/s1. The van der Waals surface area contributed by atoms with Gasteiger partial charge in [0.1, 0.15) is 11.8 Å². The molecule has 0 bridgehead atoms. The Morgan fingerprint density at radius 1 is 1.11 bits per heavy atom. The number of aromatic nitrogens is 2. The molecule has 9 nitrogen and oxygen atoms in total. The Kier molecular flexibility index (Phi) is 6.93. The maximum Gasteiger partial charge on any atom is 0.328 e. The maximum absolute atomic E-state index is 12.5. The number of esters is 1. The molecule has 1 aromatic heterocycles. The molecule has 0 aliphatic rings. The Hall–Kier alpha value is -3.36. The molecule has 2 rings (SSSR count). The first-order chi connectivity index (χ1) is 13.0. The lowest BCUT2D eigenvalue weighted by Gasteiger charge is -2.15. The van der Waals surface area contributed by atoms with Crippen LogP contribution < -0.4 is 19.5 Å². The van der Waals surface area contributed by atoms with E-state index in [2.05, 4.69) is 15.3 Å². The van der Waals surface area contributed by atoms with E-state index >= 15 is 0 Å². The van der Waals surface area contributed by atoms with Gasteiger partial charge in [-0.3, -0.25) is 4.79 Å². The molecule has 27 heavy (non-hydrogen) atoms. The zero-order valence-electron chi connectivity index (χ0n) is 15.5. The fourth-order valence-electron chi connectivity index (χ4n) is 2.09. The van der Waals surface area contributed by atoms with E-state index in [1.165, 1.54) is 20.3 Å². The van der Waals surface area contributed by atoms with Crippen LogP contribution in [0.1, 0.15) is 24.2 Å². The van der Waals surface area contributed by atoms with Gasteiger partial charge in [0.15, 0.2) is 0 Å². The number of ether oxygens (including phenoxy) is 4. The molecule has 0 saturated carbocycles. The molecular weight excluding hydrogens is 354 g/mol. The fraction of sp³-hybridized carbons (Fsp3) is 0.333. The Morgan fingerprint density at radius 3 is 2.48 bits per heavy atom. The summed E-state index contributed by atoms with van der Waals surface area (Å²) in [7, 11) is 2.86. The molecule has 0 spiro atoms. The van der Waals surface area contributed by atoms with E-state index in [-0.39, 0.29) is 35.7 Å². The lowest BCUT2D eigenvalue weighted by atomic mass is 10.1. The van der Waals surface area contributed by atoms with Crippen molar-refractivity contribution in [3.05, 3.63) is 35.9 Å². The summed E-state index contributed by atoms with van der Waals surface area (Å²) in [6, 6.07) is 7.27. The Bertz CT molecular complexity index is 789. The molecule has 0 fully saturated rings. The maximum atomic E-state index is 12.5. The van der Waals surface area contributed by atoms with Gasteiger partial charge in [0, 0.05) is 0 Å². The highest BCUT2D eigenvalue weighted by Gasteiger charge is 2.20. The van der Waals surface area contributed by atoms with E-state index in [1.54, 1.807) is 38.1 Å². The van der Waals surface area contributed by atoms with Gasteiger partial charge in [-0.25, -0.2) is 4.79 Å². The summed E-state index contributed by atoms with van der Waals surface area (Å²) in [6.07, 6.45) is 0. The SMILES string of the molecule is CCOC(=O)[C@H](C)NC(=O)c1ccccc1Oc1cc(OC)nc(OC)n1. The molecule has 9 heteroatoms. The molecule has 0 radical (unpaired) electrons. The summed E-state index contributed by atoms with van der Waals surface area (Å²) < 4.78 is 20.7. The van der Waals surface area contributed by atoms with Crippen LogP contribution in [0.5, 0.6) is 23.5 Å². The Morgan fingerprint density at radius 2 is 1.81 bits per heavy atom. The van der Waals surface area contributed by atoms with Crippen molar-refractivity contribution in [3.63, 3.8) is 0 Å². The number of methoxy groups -OCH3 is 2. The predicted molar refractivity (Wildman–Crippen MR) is 95.2 cm³/mol. The first-order valence-corrected chi connectivity index (χ1v) is 8.19. The van der Waals surface area contributed by atoms with E-state index in [9.17, 15) is 9.59 Å². The highest BCUT2D eigenvalue weighted by Crippen LogP contribution is 2.27. The first-order valence-electron chi connectivity index (χ1n) is 8.19. The molecule has 0 aliphatic carbocycles. The summed E-state index contributed by atoms with van der Waals surface area (Å²) in [5.74, 6) is -0.380. The third-order valence-corrected chi connectivity index (χ3v) is 3.38. The normalized spacial score (nSPS) is 11.3. The highest BCUT2D eigenvalue weighted by molar-refractivity contribution is 5.99. The smallest absolute Gasteiger partial charge is 0.328 e. The number of hydrogen-bond donors (Lipinski definition) is 1. The van der Waals surface area contributed by atoms with Crippen LogP contribution in [0, 0.1) is 0 Å². The van der Waals surface area contributed by atoms with Crippen molar-refractivity contribution in [2.75, 3.05) is 20.8 Å².